The maximum absolute atomic E-state index is 8.58. The van der Waals surface area contributed by atoms with Crippen molar-refractivity contribution in [2.24, 2.45) is 5.92 Å². The summed E-state index contributed by atoms with van der Waals surface area (Å²) in [5.74, 6) is 0.0367. The van der Waals surface area contributed by atoms with Crippen LogP contribution in [0.1, 0.15) is 32.6 Å². The van der Waals surface area contributed by atoms with E-state index in [0.29, 0.717) is 31.0 Å². The summed E-state index contributed by atoms with van der Waals surface area (Å²) >= 11 is 6.41. The Morgan fingerprint density at radius 3 is 2.00 bits per heavy atom. The Balaban J connectivity index is 0. The topological polar surface area (TPSA) is 95.2 Å². The fourth-order valence-electron chi connectivity index (χ4n) is 0.752. The third kappa shape index (κ3) is 11.4. The molecule has 0 aliphatic rings. The highest BCUT2D eigenvalue weighted by Crippen LogP contribution is 2.25. The van der Waals surface area contributed by atoms with Gasteiger partial charge in [-0.3, -0.25) is 0 Å². The van der Waals surface area contributed by atoms with Gasteiger partial charge in [0.25, 0.3) is 0 Å². The van der Waals surface area contributed by atoms with Crippen molar-refractivity contribution >= 4 is 31.9 Å². The van der Waals surface area contributed by atoms with Gasteiger partial charge in [-0.2, -0.15) is 21.0 Å². The van der Waals surface area contributed by atoms with Crippen LogP contribution in [0.3, 0.4) is 0 Å². The van der Waals surface area contributed by atoms with Gasteiger partial charge < -0.3 is 0 Å². The molecule has 0 saturated heterocycles. The molecule has 4 nitrogen and oxygen atoms in total. The van der Waals surface area contributed by atoms with E-state index in [0.717, 1.165) is 0 Å². The highest BCUT2D eigenvalue weighted by molar-refractivity contribution is 9.12. The number of halogens is 2. The lowest BCUT2D eigenvalue weighted by Crippen LogP contribution is -2.19. The second-order valence-corrected chi connectivity index (χ2v) is 5.67. The van der Waals surface area contributed by atoms with Crippen molar-refractivity contribution in [1.82, 2.24) is 0 Å². The molecule has 0 aliphatic carbocycles. The molecular formula is C12H14Br2N4. The zero-order valence-corrected chi connectivity index (χ0v) is 13.3. The molecular weight excluding hydrogens is 360 g/mol. The van der Waals surface area contributed by atoms with Crippen LogP contribution < -0.4 is 0 Å². The van der Waals surface area contributed by atoms with Gasteiger partial charge in [-0.1, -0.05) is 31.9 Å². The molecule has 0 bridgehead atoms. The molecule has 96 valence electrons. The lowest BCUT2D eigenvalue weighted by Gasteiger charge is -2.12. The van der Waals surface area contributed by atoms with Gasteiger partial charge in [-0.15, -0.1) is 0 Å². The molecule has 0 saturated carbocycles. The average Bonchev–Trinajstić information content (AvgIpc) is 2.42. The fraction of sp³-hybridized carbons (Fsp3) is 0.667. The van der Waals surface area contributed by atoms with Crippen LogP contribution in [0.4, 0.5) is 0 Å². The first-order valence-corrected chi connectivity index (χ1v) is 7.20. The smallest absolute Gasteiger partial charge is 0.123 e. The second kappa shape index (κ2) is 12.4. The molecule has 0 spiro atoms. The standard InChI is InChI=1S/C6H6Br2N2.C6H8N2/c7-4-6(8,5-10)2-1-3-9;1-6(5-8)3-2-4-7/h1-2,4H2;6H,2-3H2,1H3. The Bertz CT molecular complexity index is 383. The molecule has 0 radical (unpaired) electrons. The van der Waals surface area contributed by atoms with E-state index in [4.69, 9.17) is 21.0 Å². The minimum Gasteiger partial charge on any atom is -0.198 e. The monoisotopic (exact) mass is 372 g/mol. The Hall–Kier alpha value is -1.08. The number of rotatable bonds is 5. The van der Waals surface area contributed by atoms with Crippen LogP contribution in [-0.4, -0.2) is 9.65 Å². The first kappa shape index (κ1) is 19.3. The van der Waals surface area contributed by atoms with Crippen LogP contribution in [0, 0.1) is 51.2 Å². The van der Waals surface area contributed by atoms with Gasteiger partial charge in [-0.25, -0.2) is 0 Å². The molecule has 0 heterocycles. The molecule has 2 atom stereocenters. The molecule has 18 heavy (non-hydrogen) atoms. The minimum atomic E-state index is -0.553. The van der Waals surface area contributed by atoms with E-state index < -0.39 is 4.32 Å². The predicted molar refractivity (Wildman–Crippen MR) is 75.5 cm³/mol. The SMILES string of the molecule is CC(C#N)CCC#N.N#CCCC(Br)(C#N)CBr. The molecule has 0 fully saturated rings. The quantitative estimate of drug-likeness (QED) is 0.684. The third-order valence-electron chi connectivity index (χ3n) is 1.95. The summed E-state index contributed by atoms with van der Waals surface area (Å²) in [7, 11) is 0. The number of nitriles is 4. The normalized spacial score (nSPS) is 13.3. The van der Waals surface area contributed by atoms with Crippen LogP contribution in [0.25, 0.3) is 0 Å². The van der Waals surface area contributed by atoms with Crippen molar-refractivity contribution in [1.29, 1.82) is 21.0 Å². The predicted octanol–water partition coefficient (Wildman–Crippen LogP) is 3.79. The Morgan fingerprint density at radius 2 is 1.67 bits per heavy atom. The summed E-state index contributed by atoms with van der Waals surface area (Å²) in [5, 5.41) is 33.6. The third-order valence-corrected chi connectivity index (χ3v) is 4.52. The van der Waals surface area contributed by atoms with Gasteiger partial charge in [0, 0.05) is 24.1 Å². The van der Waals surface area contributed by atoms with Crippen LogP contribution in [0.2, 0.25) is 0 Å². The van der Waals surface area contributed by atoms with E-state index in [9.17, 15) is 0 Å². The highest BCUT2D eigenvalue weighted by atomic mass is 79.9. The lowest BCUT2D eigenvalue weighted by molar-refractivity contribution is 0.675. The molecule has 6 heteroatoms. The minimum absolute atomic E-state index is 0.0367. The number of hydrogen-bond donors (Lipinski definition) is 0. The van der Waals surface area contributed by atoms with E-state index in [1.807, 2.05) is 25.1 Å². The summed E-state index contributed by atoms with van der Waals surface area (Å²) in [6, 6.07) is 8.10. The molecule has 2 unspecified atom stereocenters. The molecule has 0 aromatic rings. The average molecular weight is 374 g/mol. The zero-order chi connectivity index (χ0) is 14.4. The van der Waals surface area contributed by atoms with Crippen molar-refractivity contribution in [2.45, 2.75) is 36.9 Å². The summed E-state index contributed by atoms with van der Waals surface area (Å²) in [4.78, 5) is 0. The zero-order valence-electron chi connectivity index (χ0n) is 10.2. The summed E-state index contributed by atoms with van der Waals surface area (Å²) in [6.07, 6.45) is 2.16. The van der Waals surface area contributed by atoms with Gasteiger partial charge in [0.05, 0.1) is 24.3 Å². The summed E-state index contributed by atoms with van der Waals surface area (Å²) in [6.45, 7) is 1.82. The second-order valence-electron chi connectivity index (χ2n) is 3.60. The van der Waals surface area contributed by atoms with Crippen LogP contribution in [-0.2, 0) is 0 Å². The van der Waals surface area contributed by atoms with Gasteiger partial charge in [-0.05, 0) is 19.8 Å². The van der Waals surface area contributed by atoms with Crippen molar-refractivity contribution in [3.63, 3.8) is 0 Å². The van der Waals surface area contributed by atoms with E-state index >= 15 is 0 Å². The van der Waals surface area contributed by atoms with Gasteiger partial charge >= 0.3 is 0 Å². The lowest BCUT2D eigenvalue weighted by atomic mass is 10.1. The molecule has 0 aliphatic heterocycles. The molecule has 0 N–H and O–H groups in total. The maximum Gasteiger partial charge on any atom is 0.123 e. The highest BCUT2D eigenvalue weighted by Gasteiger charge is 2.23. The number of nitrogens with zero attached hydrogens (tertiary/aromatic N) is 4. The van der Waals surface area contributed by atoms with E-state index in [1.165, 1.54) is 0 Å². The molecule has 0 aromatic heterocycles. The van der Waals surface area contributed by atoms with Crippen molar-refractivity contribution in [3.05, 3.63) is 0 Å². The van der Waals surface area contributed by atoms with Crippen LogP contribution in [0.15, 0.2) is 0 Å². The summed E-state index contributed by atoms with van der Waals surface area (Å²) in [5.41, 5.74) is 0. The number of hydrogen-bond acceptors (Lipinski definition) is 4. The number of alkyl halides is 2. The largest absolute Gasteiger partial charge is 0.198 e. The van der Waals surface area contributed by atoms with Crippen LogP contribution >= 0.6 is 31.9 Å². The first-order chi connectivity index (χ1) is 8.49. The Labute approximate surface area is 125 Å². The molecule has 0 aromatic carbocycles. The molecule has 0 amide bonds. The van der Waals surface area contributed by atoms with Gasteiger partial charge in [0.1, 0.15) is 4.32 Å². The Morgan fingerprint density at radius 1 is 1.11 bits per heavy atom. The first-order valence-electron chi connectivity index (χ1n) is 5.29. The van der Waals surface area contributed by atoms with Gasteiger partial charge in [0.2, 0.25) is 0 Å². The Kier molecular flexibility index (Phi) is 13.2. The maximum atomic E-state index is 8.58. The van der Waals surface area contributed by atoms with E-state index in [2.05, 4.69) is 37.9 Å². The molecule has 0 rings (SSSR count). The van der Waals surface area contributed by atoms with Crippen LogP contribution in [0.5, 0.6) is 0 Å². The van der Waals surface area contributed by atoms with Crippen molar-refractivity contribution in [2.75, 3.05) is 5.33 Å². The van der Waals surface area contributed by atoms with E-state index in [1.54, 1.807) is 0 Å². The summed E-state index contributed by atoms with van der Waals surface area (Å²) < 4.78 is -0.553. The van der Waals surface area contributed by atoms with E-state index in [-0.39, 0.29) is 5.92 Å². The fourth-order valence-corrected chi connectivity index (χ4v) is 1.36. The van der Waals surface area contributed by atoms with Crippen molar-refractivity contribution in [3.8, 4) is 24.3 Å². The van der Waals surface area contributed by atoms with Crippen molar-refractivity contribution < 1.29 is 0 Å². The van der Waals surface area contributed by atoms with Gasteiger partial charge in [0.15, 0.2) is 0 Å².